The lowest BCUT2D eigenvalue weighted by molar-refractivity contribution is -0.211. The first-order valence-electron chi connectivity index (χ1n) is 16.1. The lowest BCUT2D eigenvalue weighted by Gasteiger charge is -2.42. The molecule has 4 heteroatoms. The summed E-state index contributed by atoms with van der Waals surface area (Å²) in [6.45, 7) is 7.82. The number of hydrogen-bond acceptors (Lipinski definition) is 4. The summed E-state index contributed by atoms with van der Waals surface area (Å²) in [5.41, 5.74) is 7.72. The van der Waals surface area contributed by atoms with E-state index in [0.717, 1.165) is 18.4 Å². The summed E-state index contributed by atoms with van der Waals surface area (Å²) < 4.78 is 21.9. The van der Waals surface area contributed by atoms with Crippen LogP contribution in [0.3, 0.4) is 0 Å². The summed E-state index contributed by atoms with van der Waals surface area (Å²) in [4.78, 5) is 1.48. The molecule has 1 saturated carbocycles. The molecule has 2 aliphatic rings. The number of benzene rings is 4. The average Bonchev–Trinajstić information content (AvgIpc) is 3.74. The molecule has 7 rings (SSSR count). The zero-order valence-electron chi connectivity index (χ0n) is 26.0. The highest BCUT2D eigenvalue weighted by Crippen LogP contribution is 2.57. The molecule has 0 unspecified atom stereocenters. The smallest absolute Gasteiger partial charge is 0.114 e. The summed E-state index contributed by atoms with van der Waals surface area (Å²) >= 11 is 1.96. The highest BCUT2D eigenvalue weighted by atomic mass is 32.1. The average molecular weight is 603 g/mol. The summed E-state index contributed by atoms with van der Waals surface area (Å²) in [6, 6.07) is 37.0. The third kappa shape index (κ3) is 5.89. The van der Waals surface area contributed by atoms with E-state index in [-0.39, 0.29) is 29.8 Å². The maximum absolute atomic E-state index is 6.97. The number of aryl methyl sites for hydroxylation is 2. The van der Waals surface area contributed by atoms with Crippen LogP contribution in [0.15, 0.2) is 103 Å². The van der Waals surface area contributed by atoms with Gasteiger partial charge in [0.25, 0.3) is 0 Å². The number of fused-ring (bicyclic) bond motifs is 1. The quantitative estimate of drug-likeness (QED) is 0.159. The van der Waals surface area contributed by atoms with E-state index in [1.165, 1.54) is 55.6 Å². The fraction of sp³-hybridized carbons (Fsp3) is 0.350. The Balaban J connectivity index is 1.25. The largest absolute Gasteiger partial charge is 0.371 e. The predicted octanol–water partition coefficient (Wildman–Crippen LogP) is 10.0. The summed E-state index contributed by atoms with van der Waals surface area (Å²) in [5, 5.41) is 1.35. The third-order valence-corrected chi connectivity index (χ3v) is 10.9. The molecular weight excluding hydrogens is 561 g/mol. The molecule has 2 fully saturated rings. The summed E-state index contributed by atoms with van der Waals surface area (Å²) in [6.07, 6.45) is 3.72. The Kier molecular flexibility index (Phi) is 8.43. The van der Waals surface area contributed by atoms with Gasteiger partial charge in [-0.1, -0.05) is 97.9 Å². The Morgan fingerprint density at radius 2 is 1.43 bits per heavy atom. The molecule has 5 aromatic rings. The molecule has 0 bridgehead atoms. The van der Waals surface area contributed by atoms with Gasteiger partial charge in [-0.25, -0.2) is 0 Å². The van der Waals surface area contributed by atoms with E-state index in [0.29, 0.717) is 13.2 Å². The maximum Gasteiger partial charge on any atom is 0.114 e. The van der Waals surface area contributed by atoms with Crippen molar-refractivity contribution in [2.24, 2.45) is 0 Å². The van der Waals surface area contributed by atoms with E-state index in [9.17, 15) is 0 Å². The van der Waals surface area contributed by atoms with Crippen molar-refractivity contribution in [3.05, 3.63) is 141 Å². The molecule has 1 aliphatic carbocycles. The standard InChI is InChI=1S/C40H42O3S/c1-4-32-23-35(41-25-29-13-7-5-8-14-29)39(42-26-30-15-9-6-10-16-30)38(43-32)33-24-34(28(3)21-27(33)2)40(19-20-40)37-22-31-17-11-12-18-36(31)44-37/h5-18,21-22,24,32,35,38-39H,4,19-20,23,25-26H2,1-3H3/t32-,35+,38+,39-/m1/s1. The fourth-order valence-corrected chi connectivity index (χ4v) is 8.35. The van der Waals surface area contributed by atoms with Crippen LogP contribution >= 0.6 is 11.3 Å². The molecule has 0 amide bonds. The second-order valence-electron chi connectivity index (χ2n) is 12.7. The maximum atomic E-state index is 6.97. The van der Waals surface area contributed by atoms with Crippen LogP contribution in [0, 0.1) is 13.8 Å². The Labute approximate surface area is 265 Å². The highest BCUT2D eigenvalue weighted by Gasteiger charge is 2.49. The van der Waals surface area contributed by atoms with Gasteiger partial charge in [0.2, 0.25) is 0 Å². The molecule has 1 aliphatic heterocycles. The first kappa shape index (κ1) is 29.4. The van der Waals surface area contributed by atoms with Crippen LogP contribution < -0.4 is 0 Å². The highest BCUT2D eigenvalue weighted by molar-refractivity contribution is 7.19. The molecule has 44 heavy (non-hydrogen) atoms. The van der Waals surface area contributed by atoms with Crippen molar-refractivity contribution in [2.75, 3.05) is 0 Å². The molecule has 4 atom stereocenters. The van der Waals surface area contributed by atoms with Crippen LogP contribution in [0.2, 0.25) is 0 Å². The van der Waals surface area contributed by atoms with Crippen LogP contribution in [0.1, 0.15) is 77.0 Å². The van der Waals surface area contributed by atoms with Gasteiger partial charge in [0, 0.05) is 21.4 Å². The first-order valence-corrected chi connectivity index (χ1v) is 16.9. The molecule has 0 spiro atoms. The molecule has 1 saturated heterocycles. The predicted molar refractivity (Wildman–Crippen MR) is 180 cm³/mol. The zero-order chi connectivity index (χ0) is 30.1. The number of thiophene rings is 1. The van der Waals surface area contributed by atoms with Gasteiger partial charge < -0.3 is 14.2 Å². The Hall–Kier alpha value is -3.28. The Bertz CT molecular complexity index is 1670. The second kappa shape index (κ2) is 12.6. The van der Waals surface area contributed by atoms with Gasteiger partial charge in [-0.15, -0.1) is 11.3 Å². The lowest BCUT2D eigenvalue weighted by Crippen LogP contribution is -2.46. The van der Waals surface area contributed by atoms with Gasteiger partial charge >= 0.3 is 0 Å². The lowest BCUT2D eigenvalue weighted by atomic mass is 9.83. The van der Waals surface area contributed by atoms with E-state index < -0.39 is 0 Å². The van der Waals surface area contributed by atoms with Gasteiger partial charge in [-0.2, -0.15) is 0 Å². The van der Waals surface area contributed by atoms with Crippen LogP contribution in [0.25, 0.3) is 10.1 Å². The van der Waals surface area contributed by atoms with E-state index >= 15 is 0 Å². The van der Waals surface area contributed by atoms with Gasteiger partial charge in [0.1, 0.15) is 12.2 Å². The van der Waals surface area contributed by atoms with Crippen molar-refractivity contribution in [1.29, 1.82) is 0 Å². The van der Waals surface area contributed by atoms with Gasteiger partial charge in [-0.05, 0) is 84.0 Å². The molecule has 2 heterocycles. The normalized spacial score (nSPS) is 22.7. The second-order valence-corrected chi connectivity index (χ2v) is 13.8. The number of hydrogen-bond donors (Lipinski definition) is 0. The number of rotatable bonds is 10. The van der Waals surface area contributed by atoms with Gasteiger partial charge in [0.05, 0.1) is 25.4 Å². The van der Waals surface area contributed by atoms with E-state index in [1.807, 2.05) is 11.3 Å². The van der Waals surface area contributed by atoms with Gasteiger partial charge in [0.15, 0.2) is 0 Å². The molecule has 3 nitrogen and oxygen atoms in total. The first-order chi connectivity index (χ1) is 21.5. The van der Waals surface area contributed by atoms with Crippen LogP contribution in [-0.2, 0) is 32.8 Å². The topological polar surface area (TPSA) is 27.7 Å². The van der Waals surface area contributed by atoms with Crippen molar-refractivity contribution < 1.29 is 14.2 Å². The Morgan fingerprint density at radius 3 is 2.09 bits per heavy atom. The van der Waals surface area contributed by atoms with Crippen LogP contribution in [-0.4, -0.2) is 18.3 Å². The zero-order valence-corrected chi connectivity index (χ0v) is 26.8. The fourth-order valence-electron chi connectivity index (χ4n) is 7.03. The third-order valence-electron chi connectivity index (χ3n) is 9.63. The molecular formula is C40H42O3S. The van der Waals surface area contributed by atoms with Crippen molar-refractivity contribution in [2.45, 2.75) is 89.5 Å². The van der Waals surface area contributed by atoms with E-state index in [2.05, 4.69) is 124 Å². The van der Waals surface area contributed by atoms with Gasteiger partial charge in [-0.3, -0.25) is 0 Å². The van der Waals surface area contributed by atoms with Crippen LogP contribution in [0.4, 0.5) is 0 Å². The molecule has 0 N–H and O–H groups in total. The minimum Gasteiger partial charge on any atom is -0.371 e. The van der Waals surface area contributed by atoms with Crippen molar-refractivity contribution in [1.82, 2.24) is 0 Å². The SMILES string of the molecule is CC[C@@H]1C[C@H](OCc2ccccc2)[C@@H](OCc2ccccc2)[C@H](c2cc(C3(c4cc5ccccc5s4)CC3)c(C)cc2C)O1. The minimum absolute atomic E-state index is 0.0794. The molecule has 4 aromatic carbocycles. The van der Waals surface area contributed by atoms with E-state index in [4.69, 9.17) is 14.2 Å². The van der Waals surface area contributed by atoms with Crippen molar-refractivity contribution in [3.8, 4) is 0 Å². The van der Waals surface area contributed by atoms with Crippen LogP contribution in [0.5, 0.6) is 0 Å². The minimum atomic E-state index is -0.226. The van der Waals surface area contributed by atoms with Crippen molar-refractivity contribution in [3.63, 3.8) is 0 Å². The van der Waals surface area contributed by atoms with Crippen molar-refractivity contribution >= 4 is 21.4 Å². The van der Waals surface area contributed by atoms with E-state index in [1.54, 1.807) is 0 Å². The summed E-state index contributed by atoms with van der Waals surface area (Å²) in [7, 11) is 0. The number of ether oxygens (including phenoxy) is 3. The molecule has 226 valence electrons. The summed E-state index contributed by atoms with van der Waals surface area (Å²) in [5.74, 6) is 0. The molecule has 1 aromatic heterocycles. The monoisotopic (exact) mass is 602 g/mol. The molecule has 0 radical (unpaired) electrons. The Morgan fingerprint density at radius 1 is 0.773 bits per heavy atom.